The molecule has 3 amide bonds. The number of hydrogen-bond donors (Lipinski definition) is 3. The van der Waals surface area contributed by atoms with E-state index in [1.165, 1.54) is 0 Å². The predicted octanol–water partition coefficient (Wildman–Crippen LogP) is 2.05. The molecule has 8 heteroatoms. The number of carbonyl (C=O) groups is 2. The SMILES string of the molecule is CCOc1ccc(NC(=O)NC(=O)C[NH2+][C@H](C)c2ccco2)cc1OCC. The van der Waals surface area contributed by atoms with Crippen molar-refractivity contribution in [2.24, 2.45) is 0 Å². The second kappa shape index (κ2) is 10.2. The summed E-state index contributed by atoms with van der Waals surface area (Å²) in [5, 5.41) is 6.70. The Balaban J connectivity index is 1.85. The van der Waals surface area contributed by atoms with Crippen molar-refractivity contribution in [3.63, 3.8) is 0 Å². The summed E-state index contributed by atoms with van der Waals surface area (Å²) < 4.78 is 16.3. The van der Waals surface area contributed by atoms with E-state index < -0.39 is 11.9 Å². The smallest absolute Gasteiger partial charge is 0.326 e. The number of urea groups is 1. The van der Waals surface area contributed by atoms with Crippen molar-refractivity contribution in [1.29, 1.82) is 0 Å². The van der Waals surface area contributed by atoms with Crippen molar-refractivity contribution in [2.75, 3.05) is 25.1 Å². The number of furan rings is 1. The van der Waals surface area contributed by atoms with Crippen molar-refractivity contribution < 1.29 is 28.8 Å². The van der Waals surface area contributed by atoms with Crippen molar-refractivity contribution >= 4 is 17.6 Å². The summed E-state index contributed by atoms with van der Waals surface area (Å²) >= 11 is 0. The maximum Gasteiger partial charge on any atom is 0.326 e. The number of quaternary nitrogens is 1. The van der Waals surface area contributed by atoms with Gasteiger partial charge in [0.25, 0.3) is 5.91 Å². The Morgan fingerprint density at radius 1 is 1.15 bits per heavy atom. The second-order valence-corrected chi connectivity index (χ2v) is 5.77. The number of hydrogen-bond acceptors (Lipinski definition) is 5. The maximum absolute atomic E-state index is 12.0. The van der Waals surface area contributed by atoms with Crippen molar-refractivity contribution in [2.45, 2.75) is 26.8 Å². The molecule has 4 N–H and O–H groups in total. The number of ether oxygens (including phenoxy) is 2. The number of rotatable bonds is 9. The monoisotopic (exact) mass is 376 g/mol. The standard InChI is InChI=1S/C19H25N3O5/c1-4-25-16-9-8-14(11-17(16)26-5-2)21-19(24)22-18(23)12-20-13(3)15-7-6-10-27-15/h6-11,13,20H,4-5,12H2,1-3H3,(H2,21,22,23,24)/p+1/t13-/m1/s1. The van der Waals surface area contributed by atoms with E-state index in [0.29, 0.717) is 30.4 Å². The molecule has 0 bridgehead atoms. The van der Waals surface area contributed by atoms with Crippen molar-refractivity contribution in [3.8, 4) is 11.5 Å². The first-order valence-electron chi connectivity index (χ1n) is 8.90. The van der Waals surface area contributed by atoms with Gasteiger partial charge in [0.2, 0.25) is 0 Å². The first-order chi connectivity index (χ1) is 13.0. The maximum atomic E-state index is 12.0. The molecule has 0 saturated heterocycles. The average Bonchev–Trinajstić information content (AvgIpc) is 3.17. The Kier molecular flexibility index (Phi) is 7.69. The summed E-state index contributed by atoms with van der Waals surface area (Å²) in [5.74, 6) is 1.50. The van der Waals surface area contributed by atoms with Gasteiger partial charge in [0, 0.05) is 11.8 Å². The van der Waals surface area contributed by atoms with Gasteiger partial charge in [-0.15, -0.1) is 0 Å². The fourth-order valence-corrected chi connectivity index (χ4v) is 2.42. The molecular formula is C19H26N3O5+. The van der Waals surface area contributed by atoms with Gasteiger partial charge in [-0.1, -0.05) is 0 Å². The molecule has 0 radical (unpaired) electrons. The number of nitrogens with one attached hydrogen (secondary N) is 2. The van der Waals surface area contributed by atoms with Crippen LogP contribution in [0.2, 0.25) is 0 Å². The molecule has 0 fully saturated rings. The minimum absolute atomic E-state index is 0.0197. The molecule has 146 valence electrons. The van der Waals surface area contributed by atoms with E-state index in [0.717, 1.165) is 5.76 Å². The third-order valence-corrected chi connectivity index (χ3v) is 3.70. The molecule has 0 spiro atoms. The lowest BCUT2D eigenvalue weighted by molar-refractivity contribution is -0.684. The lowest BCUT2D eigenvalue weighted by Crippen LogP contribution is -2.87. The third-order valence-electron chi connectivity index (χ3n) is 3.70. The zero-order valence-corrected chi connectivity index (χ0v) is 15.8. The minimum Gasteiger partial charge on any atom is -0.490 e. The second-order valence-electron chi connectivity index (χ2n) is 5.77. The number of carbonyl (C=O) groups excluding carboxylic acids is 2. The molecule has 2 rings (SSSR count). The first-order valence-corrected chi connectivity index (χ1v) is 8.90. The van der Waals surface area contributed by atoms with E-state index in [2.05, 4.69) is 10.6 Å². The highest BCUT2D eigenvalue weighted by Gasteiger charge is 2.16. The zero-order chi connectivity index (χ0) is 19.6. The number of amides is 3. The molecule has 1 aromatic carbocycles. The number of imide groups is 1. The molecule has 1 atom stereocenters. The molecule has 0 aliphatic rings. The molecule has 2 aromatic rings. The van der Waals surface area contributed by atoms with Crippen LogP contribution in [0.3, 0.4) is 0 Å². The largest absolute Gasteiger partial charge is 0.490 e. The topological polar surface area (TPSA) is 106 Å². The van der Waals surface area contributed by atoms with Crippen LogP contribution in [0.5, 0.6) is 11.5 Å². The van der Waals surface area contributed by atoms with Gasteiger partial charge in [-0.25, -0.2) is 4.79 Å². The molecule has 0 aliphatic carbocycles. The van der Waals surface area contributed by atoms with Crippen LogP contribution in [0, 0.1) is 0 Å². The summed E-state index contributed by atoms with van der Waals surface area (Å²) in [6.07, 6.45) is 1.58. The molecule has 0 aliphatic heterocycles. The van der Waals surface area contributed by atoms with Gasteiger partial charge in [-0.3, -0.25) is 10.1 Å². The molecule has 1 aromatic heterocycles. The highest BCUT2D eigenvalue weighted by molar-refractivity contribution is 6.01. The van der Waals surface area contributed by atoms with Crippen LogP contribution in [0.4, 0.5) is 10.5 Å². The highest BCUT2D eigenvalue weighted by atomic mass is 16.5. The normalized spacial score (nSPS) is 11.5. The van der Waals surface area contributed by atoms with E-state index in [1.807, 2.05) is 26.8 Å². The van der Waals surface area contributed by atoms with Crippen LogP contribution in [0.15, 0.2) is 41.0 Å². The number of anilines is 1. The molecule has 0 unspecified atom stereocenters. The minimum atomic E-state index is -0.606. The van der Waals surface area contributed by atoms with Crippen LogP contribution in [-0.4, -0.2) is 31.7 Å². The van der Waals surface area contributed by atoms with Crippen LogP contribution < -0.4 is 25.4 Å². The van der Waals surface area contributed by atoms with Crippen molar-refractivity contribution in [3.05, 3.63) is 42.4 Å². The van der Waals surface area contributed by atoms with Gasteiger partial charge in [0.05, 0.1) is 19.5 Å². The van der Waals surface area contributed by atoms with Gasteiger partial charge in [-0.05, 0) is 45.0 Å². The Hall–Kier alpha value is -3.00. The molecule has 8 nitrogen and oxygen atoms in total. The zero-order valence-electron chi connectivity index (χ0n) is 15.8. The third kappa shape index (κ3) is 6.34. The van der Waals surface area contributed by atoms with Crippen LogP contribution in [0.25, 0.3) is 0 Å². The predicted molar refractivity (Wildman–Crippen MR) is 99.9 cm³/mol. The van der Waals surface area contributed by atoms with Crippen LogP contribution >= 0.6 is 0 Å². The summed E-state index contributed by atoms with van der Waals surface area (Å²) in [7, 11) is 0. The Morgan fingerprint density at radius 2 is 1.89 bits per heavy atom. The van der Waals surface area contributed by atoms with Crippen LogP contribution in [-0.2, 0) is 4.79 Å². The van der Waals surface area contributed by atoms with Gasteiger partial charge >= 0.3 is 6.03 Å². The van der Waals surface area contributed by atoms with E-state index in [-0.39, 0.29) is 12.6 Å². The Labute approximate surface area is 158 Å². The lowest BCUT2D eigenvalue weighted by atomic mass is 10.2. The molecular weight excluding hydrogens is 350 g/mol. The van der Waals surface area contributed by atoms with Gasteiger partial charge in [-0.2, -0.15) is 0 Å². The number of nitrogens with two attached hydrogens (primary N) is 1. The van der Waals surface area contributed by atoms with E-state index >= 15 is 0 Å². The summed E-state index contributed by atoms with van der Waals surface area (Å²) in [6, 6.07) is 8.06. The molecule has 27 heavy (non-hydrogen) atoms. The lowest BCUT2D eigenvalue weighted by Gasteiger charge is -2.13. The quantitative estimate of drug-likeness (QED) is 0.621. The molecule has 1 heterocycles. The van der Waals surface area contributed by atoms with E-state index in [4.69, 9.17) is 13.9 Å². The van der Waals surface area contributed by atoms with Gasteiger partial charge < -0.3 is 24.5 Å². The summed E-state index contributed by atoms with van der Waals surface area (Å²) in [4.78, 5) is 24.0. The summed E-state index contributed by atoms with van der Waals surface area (Å²) in [6.45, 7) is 6.74. The van der Waals surface area contributed by atoms with Crippen LogP contribution in [0.1, 0.15) is 32.6 Å². The molecule has 0 saturated carbocycles. The fraction of sp³-hybridized carbons (Fsp3) is 0.368. The Bertz CT molecular complexity index is 746. The van der Waals surface area contributed by atoms with Gasteiger partial charge in [0.15, 0.2) is 23.8 Å². The van der Waals surface area contributed by atoms with Gasteiger partial charge in [0.1, 0.15) is 6.04 Å². The van der Waals surface area contributed by atoms with Crippen molar-refractivity contribution in [1.82, 2.24) is 5.32 Å². The summed E-state index contributed by atoms with van der Waals surface area (Å²) in [5.41, 5.74) is 0.500. The average molecular weight is 376 g/mol. The number of benzene rings is 1. The van der Waals surface area contributed by atoms with E-state index in [9.17, 15) is 9.59 Å². The van der Waals surface area contributed by atoms with E-state index in [1.54, 1.807) is 35.8 Å². The highest BCUT2D eigenvalue weighted by Crippen LogP contribution is 2.30. The first kappa shape index (κ1) is 20.3. The fourth-order valence-electron chi connectivity index (χ4n) is 2.42. The Morgan fingerprint density at radius 3 is 2.56 bits per heavy atom.